The fourth-order valence-corrected chi connectivity index (χ4v) is 3.24. The van der Waals surface area contributed by atoms with Crippen molar-refractivity contribution in [2.24, 2.45) is 10.9 Å². The summed E-state index contributed by atoms with van der Waals surface area (Å²) >= 11 is 6.05. The number of amidine groups is 1. The van der Waals surface area contributed by atoms with Crippen LogP contribution in [-0.2, 0) is 16.1 Å². The Morgan fingerprint density at radius 1 is 1.38 bits per heavy atom. The first kappa shape index (κ1) is 18.3. The van der Waals surface area contributed by atoms with E-state index in [0.29, 0.717) is 23.8 Å². The van der Waals surface area contributed by atoms with Crippen molar-refractivity contribution in [2.45, 2.75) is 20.4 Å². The molecule has 0 saturated carbocycles. The van der Waals surface area contributed by atoms with Crippen molar-refractivity contribution in [1.82, 2.24) is 4.90 Å². The Bertz CT molecular complexity index is 871. The van der Waals surface area contributed by atoms with E-state index in [-0.39, 0.29) is 17.1 Å². The summed E-state index contributed by atoms with van der Waals surface area (Å²) < 4.78 is 21.1. The van der Waals surface area contributed by atoms with E-state index < -0.39 is 23.7 Å². The molecule has 0 fully saturated rings. The van der Waals surface area contributed by atoms with Crippen LogP contribution in [0.2, 0.25) is 5.02 Å². The first-order valence-electron chi connectivity index (χ1n) is 8.13. The Morgan fingerprint density at radius 3 is 2.77 bits per heavy atom. The Hall–Kier alpha value is -2.54. The van der Waals surface area contributed by atoms with Crippen LogP contribution in [0.5, 0.6) is 0 Å². The second kappa shape index (κ2) is 6.99. The molecule has 1 aromatic rings. The van der Waals surface area contributed by atoms with E-state index in [1.165, 1.54) is 29.8 Å². The summed E-state index contributed by atoms with van der Waals surface area (Å²) in [6, 6.07) is 3.63. The topological polar surface area (TPSA) is 62.0 Å². The summed E-state index contributed by atoms with van der Waals surface area (Å²) in [5.74, 6) is -1.18. The number of ether oxygens (including phenoxy) is 1. The number of hydrogen-bond acceptors (Lipinski definition) is 4. The van der Waals surface area contributed by atoms with Gasteiger partial charge in [-0.2, -0.15) is 9.48 Å². The summed E-state index contributed by atoms with van der Waals surface area (Å²) in [7, 11) is 1.52. The molecule has 3 rings (SSSR count). The number of rotatable bonds is 4. The van der Waals surface area contributed by atoms with Gasteiger partial charge in [0.2, 0.25) is 0 Å². The second-order valence-corrected chi connectivity index (χ2v) is 6.40. The van der Waals surface area contributed by atoms with Crippen LogP contribution >= 0.6 is 11.6 Å². The third-order valence-electron chi connectivity index (χ3n) is 4.35. The van der Waals surface area contributed by atoms with Crippen LogP contribution in [0.4, 0.5) is 9.18 Å². The van der Waals surface area contributed by atoms with Crippen molar-refractivity contribution in [2.75, 3.05) is 13.7 Å². The van der Waals surface area contributed by atoms with Crippen molar-refractivity contribution in [3.05, 3.63) is 45.9 Å². The fourth-order valence-electron chi connectivity index (χ4n) is 3.02. The molecule has 26 heavy (non-hydrogen) atoms. The van der Waals surface area contributed by atoms with Crippen molar-refractivity contribution >= 4 is 35.6 Å². The number of benzene rings is 1. The third kappa shape index (κ3) is 2.92. The smallest absolute Gasteiger partial charge is 0.445 e. The summed E-state index contributed by atoms with van der Waals surface area (Å²) in [6.45, 7) is 3.70. The number of imide groups is 1. The van der Waals surface area contributed by atoms with Crippen molar-refractivity contribution in [1.29, 1.82) is 0 Å². The van der Waals surface area contributed by atoms with E-state index in [0.717, 1.165) is 4.90 Å². The number of carbonyl (C=O) groups is 2. The minimum atomic E-state index is -0.840. The maximum atomic E-state index is 14.1. The van der Waals surface area contributed by atoms with Crippen molar-refractivity contribution < 1.29 is 23.3 Å². The first-order chi connectivity index (χ1) is 12.4. The summed E-state index contributed by atoms with van der Waals surface area (Å²) in [5.41, 5.74) is 0.797. The average Bonchev–Trinajstić information content (AvgIpc) is 2.60. The van der Waals surface area contributed by atoms with Crippen molar-refractivity contribution in [3.63, 3.8) is 0 Å². The molecule has 0 radical (unpaired) electrons. The fraction of sp³-hybridized carbons (Fsp3) is 0.333. The molecule has 0 aromatic heterocycles. The van der Waals surface area contributed by atoms with Gasteiger partial charge in [0, 0.05) is 16.2 Å². The standard InChI is InChI=1S/C18H18ClFN3O3/c1-4-26-15-10(2)8-21-16-14(15)17(24)23(18(25)22(16)3)9-11-12(19)6-5-7-13(11)20/h5-8,14H,4,9H2,1-3H3/q+1. The number of nitrogens with zero attached hydrogens (tertiary/aromatic N) is 3. The van der Waals surface area contributed by atoms with Gasteiger partial charge in [-0.15, -0.1) is 4.99 Å². The van der Waals surface area contributed by atoms with Crippen LogP contribution in [0.25, 0.3) is 0 Å². The van der Waals surface area contributed by atoms with Gasteiger partial charge >= 0.3 is 11.9 Å². The average molecular weight is 379 g/mol. The Morgan fingerprint density at radius 2 is 2.12 bits per heavy atom. The molecule has 1 atom stereocenters. The predicted octanol–water partition coefficient (Wildman–Crippen LogP) is 2.99. The number of halogens is 2. The zero-order valence-corrected chi connectivity index (χ0v) is 15.4. The SMILES string of the molecule is CCOC1=C(C)C=NC2=[N+](C)C(=O)N(Cc3c(F)cccc3Cl)C(=O)C12. The summed E-state index contributed by atoms with van der Waals surface area (Å²) in [5, 5.41) is 0.154. The molecule has 0 spiro atoms. The molecule has 2 aliphatic heterocycles. The van der Waals surface area contributed by atoms with Gasteiger partial charge in [0.15, 0.2) is 5.92 Å². The number of fused-ring (bicyclic) bond motifs is 1. The summed E-state index contributed by atoms with van der Waals surface area (Å²) in [6.07, 6.45) is 1.57. The quantitative estimate of drug-likeness (QED) is 0.757. The highest BCUT2D eigenvalue weighted by Crippen LogP contribution is 2.30. The number of allylic oxidation sites excluding steroid dienone is 1. The number of aliphatic imine (C=N–C) groups is 1. The number of dihydropyridines is 1. The predicted molar refractivity (Wildman–Crippen MR) is 94.9 cm³/mol. The van der Waals surface area contributed by atoms with Crippen LogP contribution in [0.1, 0.15) is 19.4 Å². The maximum absolute atomic E-state index is 14.1. The molecular weight excluding hydrogens is 361 g/mol. The lowest BCUT2D eigenvalue weighted by Crippen LogP contribution is -2.54. The van der Waals surface area contributed by atoms with Gasteiger partial charge in [-0.1, -0.05) is 17.7 Å². The van der Waals surface area contributed by atoms with E-state index in [4.69, 9.17) is 16.3 Å². The number of urea groups is 1. The lowest BCUT2D eigenvalue weighted by molar-refractivity contribution is -0.409. The van der Waals surface area contributed by atoms with E-state index in [1.807, 2.05) is 6.92 Å². The number of amides is 3. The van der Waals surface area contributed by atoms with Crippen LogP contribution in [0.3, 0.4) is 0 Å². The van der Waals surface area contributed by atoms with Crippen LogP contribution in [0.15, 0.2) is 34.5 Å². The highest BCUT2D eigenvalue weighted by atomic mass is 35.5. The third-order valence-corrected chi connectivity index (χ3v) is 4.71. The van der Waals surface area contributed by atoms with Gasteiger partial charge in [0.25, 0.3) is 5.84 Å². The molecule has 2 heterocycles. The maximum Gasteiger partial charge on any atom is 0.445 e. The molecule has 1 aromatic carbocycles. The van der Waals surface area contributed by atoms with E-state index in [9.17, 15) is 14.0 Å². The van der Waals surface area contributed by atoms with Gasteiger partial charge in [0.1, 0.15) is 24.3 Å². The monoisotopic (exact) mass is 378 g/mol. The number of carbonyl (C=O) groups excluding carboxylic acids is 2. The molecule has 6 nitrogen and oxygen atoms in total. The molecular formula is C18H18ClFN3O3+. The van der Waals surface area contributed by atoms with Crippen LogP contribution in [-0.4, -0.2) is 47.1 Å². The molecule has 0 aliphatic carbocycles. The first-order valence-corrected chi connectivity index (χ1v) is 8.51. The number of hydrogen-bond donors (Lipinski definition) is 0. The molecule has 8 heteroatoms. The van der Waals surface area contributed by atoms with E-state index >= 15 is 0 Å². The van der Waals surface area contributed by atoms with Crippen molar-refractivity contribution in [3.8, 4) is 0 Å². The second-order valence-electron chi connectivity index (χ2n) is 6.00. The van der Waals surface area contributed by atoms with Gasteiger partial charge in [-0.05, 0) is 26.0 Å². The normalized spacial score (nSPS) is 20.0. The zero-order valence-electron chi connectivity index (χ0n) is 14.6. The van der Waals surface area contributed by atoms with E-state index in [1.54, 1.807) is 13.1 Å². The lowest BCUT2D eigenvalue weighted by atomic mass is 9.96. The van der Waals surface area contributed by atoms with Gasteiger partial charge < -0.3 is 4.74 Å². The molecule has 0 N–H and O–H groups in total. The Balaban J connectivity index is 2.05. The van der Waals surface area contributed by atoms with Crippen LogP contribution < -0.4 is 0 Å². The van der Waals surface area contributed by atoms with Gasteiger partial charge in [0.05, 0.1) is 13.7 Å². The molecule has 3 amide bonds. The minimum absolute atomic E-state index is 0.0886. The lowest BCUT2D eigenvalue weighted by Gasteiger charge is -2.29. The van der Waals surface area contributed by atoms with E-state index in [2.05, 4.69) is 4.99 Å². The molecule has 136 valence electrons. The molecule has 1 unspecified atom stereocenters. The zero-order chi connectivity index (χ0) is 19.0. The highest BCUT2D eigenvalue weighted by molar-refractivity contribution is 6.31. The minimum Gasteiger partial charge on any atom is -0.496 e. The molecule has 0 bridgehead atoms. The Kier molecular flexibility index (Phi) is 4.91. The highest BCUT2D eigenvalue weighted by Gasteiger charge is 2.50. The van der Waals surface area contributed by atoms with Crippen LogP contribution in [0, 0.1) is 11.7 Å². The largest absolute Gasteiger partial charge is 0.496 e. The van der Waals surface area contributed by atoms with Gasteiger partial charge in [-0.3, -0.25) is 4.79 Å². The van der Waals surface area contributed by atoms with Gasteiger partial charge in [-0.25, -0.2) is 9.18 Å². The molecule has 0 saturated heterocycles. The Labute approximate surface area is 155 Å². The summed E-state index contributed by atoms with van der Waals surface area (Å²) in [4.78, 5) is 31.0. The molecule has 2 aliphatic rings.